The van der Waals surface area contributed by atoms with Gasteiger partial charge in [0.05, 0.1) is 41.1 Å². The molecule has 4 aromatic rings. The number of hydrogen-bond acceptors (Lipinski definition) is 7. The third-order valence-electron chi connectivity index (χ3n) is 4.34. The first-order valence-corrected chi connectivity index (χ1v) is 8.83. The number of aromatic amines is 1. The molecule has 1 atom stereocenters. The Labute approximate surface area is 164 Å². The predicted octanol–water partition coefficient (Wildman–Crippen LogP) is 3.81. The number of aromatic nitrogens is 4. The highest BCUT2D eigenvalue weighted by molar-refractivity contribution is 6.32. The van der Waals surface area contributed by atoms with Crippen LogP contribution in [0.2, 0.25) is 5.02 Å². The Balaban J connectivity index is 1.65. The van der Waals surface area contributed by atoms with E-state index in [-0.39, 0.29) is 11.6 Å². The maximum Gasteiger partial charge on any atom is 0.253 e. The zero-order valence-corrected chi connectivity index (χ0v) is 15.8. The van der Waals surface area contributed by atoms with E-state index in [1.54, 1.807) is 36.7 Å². The van der Waals surface area contributed by atoms with Crippen molar-refractivity contribution in [1.29, 1.82) is 0 Å². The zero-order valence-electron chi connectivity index (χ0n) is 15.1. The van der Waals surface area contributed by atoms with Crippen molar-refractivity contribution in [2.24, 2.45) is 0 Å². The van der Waals surface area contributed by atoms with E-state index < -0.39 is 0 Å². The van der Waals surface area contributed by atoms with Crippen molar-refractivity contribution < 1.29 is 9.26 Å². The van der Waals surface area contributed by atoms with Crippen molar-refractivity contribution in [2.75, 3.05) is 12.4 Å². The lowest BCUT2D eigenvalue weighted by atomic mass is 10.1. The number of benzene rings is 1. The Morgan fingerprint density at radius 2 is 2.18 bits per heavy atom. The molecule has 0 aliphatic heterocycles. The fourth-order valence-corrected chi connectivity index (χ4v) is 3.14. The molecule has 142 valence electrons. The third-order valence-corrected chi connectivity index (χ3v) is 4.64. The highest BCUT2D eigenvalue weighted by atomic mass is 35.5. The summed E-state index contributed by atoms with van der Waals surface area (Å²) in [5.41, 5.74) is 2.37. The van der Waals surface area contributed by atoms with Crippen molar-refractivity contribution in [3.63, 3.8) is 0 Å². The summed E-state index contributed by atoms with van der Waals surface area (Å²) in [6, 6.07) is 6.66. The van der Waals surface area contributed by atoms with Crippen LogP contribution in [-0.4, -0.2) is 27.2 Å². The molecule has 0 bridgehead atoms. The summed E-state index contributed by atoms with van der Waals surface area (Å²) >= 11 is 6.21. The van der Waals surface area contributed by atoms with Crippen LogP contribution in [0.1, 0.15) is 18.5 Å². The molecule has 0 aliphatic rings. The maximum atomic E-state index is 12.6. The minimum Gasteiger partial charge on any atom is -0.495 e. The monoisotopic (exact) mass is 397 g/mol. The molecule has 0 radical (unpaired) electrons. The third kappa shape index (κ3) is 3.41. The van der Waals surface area contributed by atoms with E-state index in [1.165, 1.54) is 13.4 Å². The second-order valence-corrected chi connectivity index (χ2v) is 6.58. The molecule has 0 aliphatic carbocycles. The quantitative estimate of drug-likeness (QED) is 0.527. The van der Waals surface area contributed by atoms with Crippen LogP contribution in [0.25, 0.3) is 22.2 Å². The van der Waals surface area contributed by atoms with Crippen molar-refractivity contribution in [2.45, 2.75) is 13.0 Å². The number of nitrogens with one attached hydrogen (secondary N) is 2. The van der Waals surface area contributed by atoms with Crippen LogP contribution in [0.3, 0.4) is 0 Å². The Bertz CT molecular complexity index is 1190. The van der Waals surface area contributed by atoms with Gasteiger partial charge in [-0.2, -0.15) is 0 Å². The number of pyridine rings is 1. The minimum absolute atomic E-state index is 0.216. The molecule has 28 heavy (non-hydrogen) atoms. The van der Waals surface area contributed by atoms with Gasteiger partial charge in [-0.3, -0.25) is 4.79 Å². The smallest absolute Gasteiger partial charge is 0.253 e. The summed E-state index contributed by atoms with van der Waals surface area (Å²) < 4.78 is 10.0. The van der Waals surface area contributed by atoms with Crippen molar-refractivity contribution in [3.8, 4) is 17.0 Å². The number of nitrogens with zero attached hydrogens (tertiary/aromatic N) is 3. The summed E-state index contributed by atoms with van der Waals surface area (Å²) in [6.07, 6.45) is 4.70. The predicted molar refractivity (Wildman–Crippen MR) is 106 cm³/mol. The fourth-order valence-electron chi connectivity index (χ4n) is 2.89. The summed E-state index contributed by atoms with van der Waals surface area (Å²) in [5, 5.41) is 8.10. The Hall–Kier alpha value is -3.39. The number of methoxy groups -OCH3 is 1. The Morgan fingerprint density at radius 1 is 1.32 bits per heavy atom. The average molecular weight is 398 g/mol. The molecule has 0 amide bonds. The van der Waals surface area contributed by atoms with Crippen molar-refractivity contribution >= 4 is 28.5 Å². The molecule has 4 rings (SSSR count). The van der Waals surface area contributed by atoms with Crippen molar-refractivity contribution in [1.82, 2.24) is 20.1 Å². The lowest BCUT2D eigenvalue weighted by molar-refractivity contribution is 0.415. The number of ether oxygens (including phenoxy) is 1. The summed E-state index contributed by atoms with van der Waals surface area (Å²) in [7, 11) is 1.53. The standard InChI is InChI=1S/C19H16ClN5O3/c1-10(23-19-21-4-3-15(25-19)12-8-22-28-9-12)13-5-11-6-14(20)17(27-2)7-16(11)24-18(13)26/h3-10H,1-2H3,(H,24,26)(H,21,23,25)/t10-/m0/s1. The average Bonchev–Trinajstić information content (AvgIpc) is 3.22. The zero-order chi connectivity index (χ0) is 19.7. The molecule has 2 N–H and O–H groups in total. The van der Waals surface area contributed by atoms with Crippen LogP contribution in [0.15, 0.2) is 52.2 Å². The van der Waals surface area contributed by atoms with Gasteiger partial charge in [0.15, 0.2) is 0 Å². The molecule has 0 fully saturated rings. The van der Waals surface area contributed by atoms with Gasteiger partial charge in [0.1, 0.15) is 12.0 Å². The highest BCUT2D eigenvalue weighted by Crippen LogP contribution is 2.29. The van der Waals surface area contributed by atoms with Gasteiger partial charge in [-0.25, -0.2) is 9.97 Å². The van der Waals surface area contributed by atoms with Gasteiger partial charge in [-0.05, 0) is 25.1 Å². The van der Waals surface area contributed by atoms with E-state index in [0.29, 0.717) is 33.5 Å². The Kier molecular flexibility index (Phi) is 4.70. The van der Waals surface area contributed by atoms with E-state index in [9.17, 15) is 4.79 Å². The van der Waals surface area contributed by atoms with Crippen LogP contribution in [0.4, 0.5) is 5.95 Å². The molecule has 0 unspecified atom stereocenters. The van der Waals surface area contributed by atoms with Crippen LogP contribution in [0, 0.1) is 0 Å². The van der Waals surface area contributed by atoms with Gasteiger partial charge in [0.25, 0.3) is 5.56 Å². The fraction of sp³-hybridized carbons (Fsp3) is 0.158. The normalized spacial score (nSPS) is 12.1. The van der Waals surface area contributed by atoms with Crippen LogP contribution >= 0.6 is 11.6 Å². The molecule has 3 aromatic heterocycles. The first-order valence-electron chi connectivity index (χ1n) is 8.45. The number of rotatable bonds is 5. The number of halogens is 1. The molecule has 0 spiro atoms. The lowest BCUT2D eigenvalue weighted by Gasteiger charge is -2.15. The van der Waals surface area contributed by atoms with Gasteiger partial charge in [0.2, 0.25) is 5.95 Å². The van der Waals surface area contributed by atoms with E-state index in [4.69, 9.17) is 20.9 Å². The van der Waals surface area contributed by atoms with Crippen LogP contribution < -0.4 is 15.6 Å². The molecule has 3 heterocycles. The molecule has 0 saturated carbocycles. The van der Waals surface area contributed by atoms with E-state index in [2.05, 4.69) is 25.4 Å². The second kappa shape index (κ2) is 7.32. The van der Waals surface area contributed by atoms with Gasteiger partial charge in [-0.15, -0.1) is 0 Å². The van der Waals surface area contributed by atoms with Crippen molar-refractivity contribution in [3.05, 3.63) is 63.9 Å². The maximum absolute atomic E-state index is 12.6. The highest BCUT2D eigenvalue weighted by Gasteiger charge is 2.14. The first kappa shape index (κ1) is 18.0. The van der Waals surface area contributed by atoms with E-state index >= 15 is 0 Å². The first-order chi connectivity index (χ1) is 13.5. The molecule has 9 heteroatoms. The lowest BCUT2D eigenvalue weighted by Crippen LogP contribution is -2.20. The number of anilines is 1. The molecule has 8 nitrogen and oxygen atoms in total. The molecule has 1 aromatic carbocycles. The number of hydrogen-bond donors (Lipinski definition) is 2. The van der Waals surface area contributed by atoms with E-state index in [1.807, 2.05) is 6.92 Å². The van der Waals surface area contributed by atoms with Gasteiger partial charge >= 0.3 is 0 Å². The Morgan fingerprint density at radius 3 is 2.93 bits per heavy atom. The SMILES string of the molecule is COc1cc2[nH]c(=O)c([C@H](C)Nc3nccc(-c4cnoc4)n3)cc2cc1Cl. The summed E-state index contributed by atoms with van der Waals surface area (Å²) in [4.78, 5) is 24.1. The summed E-state index contributed by atoms with van der Waals surface area (Å²) in [6.45, 7) is 1.86. The van der Waals surface area contributed by atoms with Gasteiger partial charge in [-0.1, -0.05) is 16.8 Å². The topological polar surface area (TPSA) is 106 Å². The molecular weight excluding hydrogens is 382 g/mol. The van der Waals surface area contributed by atoms with Crippen LogP contribution in [-0.2, 0) is 0 Å². The minimum atomic E-state index is -0.341. The van der Waals surface area contributed by atoms with Crippen LogP contribution in [0.5, 0.6) is 5.75 Å². The largest absolute Gasteiger partial charge is 0.495 e. The molecular formula is C19H16ClN5O3. The van der Waals surface area contributed by atoms with Gasteiger partial charge < -0.3 is 19.6 Å². The number of H-pyrrole nitrogens is 1. The molecule has 0 saturated heterocycles. The number of fused-ring (bicyclic) bond motifs is 1. The van der Waals surface area contributed by atoms with Gasteiger partial charge in [0, 0.05) is 23.2 Å². The summed E-state index contributed by atoms with van der Waals surface area (Å²) in [5.74, 6) is 0.890. The second-order valence-electron chi connectivity index (χ2n) is 6.17. The van der Waals surface area contributed by atoms with E-state index in [0.717, 1.165) is 10.9 Å².